The second kappa shape index (κ2) is 11.8. The van der Waals surface area contributed by atoms with E-state index in [9.17, 15) is 0 Å². The van der Waals surface area contributed by atoms with Crippen LogP contribution in [0.2, 0.25) is 0 Å². The van der Waals surface area contributed by atoms with Gasteiger partial charge in [-0.15, -0.1) is 0 Å². The second-order valence-corrected chi connectivity index (χ2v) is 15.9. The summed E-state index contributed by atoms with van der Waals surface area (Å²) in [4.78, 5) is 0. The SMILES string of the molecule is c1cc(-c2cc3c4c(c2)-c2ccccc2OB4c2ccc(-c4ccc5c(c4)oc4ccc6c7ccccc7oc6c45)cc2O3)cc(-n2c3ccccc3c3ccccc32)c1. The first kappa shape index (κ1) is 32.1. The van der Waals surface area contributed by atoms with Crippen molar-refractivity contribution in [3.8, 4) is 56.3 Å². The fraction of sp³-hybridized carbons (Fsp3) is 0. The van der Waals surface area contributed by atoms with E-state index in [-0.39, 0.29) is 6.92 Å². The van der Waals surface area contributed by atoms with E-state index in [2.05, 4.69) is 162 Å². The number of ether oxygens (including phenoxy) is 1. The molecule has 0 saturated heterocycles. The molecule has 0 radical (unpaired) electrons. The molecule has 2 aliphatic heterocycles. The van der Waals surface area contributed by atoms with Gasteiger partial charge in [-0.3, -0.25) is 0 Å². The number of furan rings is 2. The Balaban J connectivity index is 0.893. The number of benzene rings is 9. The first-order valence-corrected chi connectivity index (χ1v) is 20.3. The van der Waals surface area contributed by atoms with Gasteiger partial charge in [0.1, 0.15) is 39.6 Å². The molecule has 6 heteroatoms. The van der Waals surface area contributed by atoms with Crippen LogP contribution in [0.4, 0.5) is 0 Å². The monoisotopic (exact) mass is 767 g/mol. The number of hydrogen-bond acceptors (Lipinski definition) is 4. The van der Waals surface area contributed by atoms with Crippen molar-refractivity contribution in [1.82, 2.24) is 4.57 Å². The summed E-state index contributed by atoms with van der Waals surface area (Å²) in [5.74, 6) is 2.44. The van der Waals surface area contributed by atoms with Crippen molar-refractivity contribution in [2.24, 2.45) is 0 Å². The van der Waals surface area contributed by atoms with E-state index < -0.39 is 0 Å². The standard InChI is InChI=1S/C54H30BNO4/c1-5-16-44-36(12-1)37-13-2-6-17-45(37)56(44)35-11-9-10-31(26-35)34-27-42-39-15-4-8-19-47(39)60-55-43-24-21-33(29-50(43)58-51(30-34)53(42)55)32-20-22-41-49(28-32)57-48-25-23-40-38-14-3-7-18-46(38)59-54(40)52(41)48/h1-30H. The molecular formula is C54H30BNO4. The van der Waals surface area contributed by atoms with E-state index in [0.717, 1.165) is 111 Å². The van der Waals surface area contributed by atoms with Gasteiger partial charge in [0.05, 0.1) is 16.4 Å². The van der Waals surface area contributed by atoms with Crippen molar-refractivity contribution < 1.29 is 18.2 Å². The molecule has 3 aromatic heterocycles. The van der Waals surface area contributed by atoms with E-state index in [1.807, 2.05) is 24.3 Å². The number of para-hydroxylation sites is 4. The van der Waals surface area contributed by atoms with Crippen LogP contribution in [0.25, 0.3) is 105 Å². The summed E-state index contributed by atoms with van der Waals surface area (Å²) in [6.07, 6.45) is 0. The molecule has 12 aromatic rings. The highest BCUT2D eigenvalue weighted by atomic mass is 16.5. The fourth-order valence-electron chi connectivity index (χ4n) is 9.95. The summed E-state index contributed by atoms with van der Waals surface area (Å²) >= 11 is 0. The lowest BCUT2D eigenvalue weighted by Gasteiger charge is -2.33. The highest BCUT2D eigenvalue weighted by Gasteiger charge is 2.41. The average Bonchev–Trinajstić information content (AvgIpc) is 3.98. The lowest BCUT2D eigenvalue weighted by Crippen LogP contribution is -2.53. The smallest absolute Gasteiger partial charge is 0.434 e. The Morgan fingerprint density at radius 1 is 0.400 bits per heavy atom. The van der Waals surface area contributed by atoms with Gasteiger partial charge in [-0.2, -0.15) is 0 Å². The summed E-state index contributed by atoms with van der Waals surface area (Å²) < 4.78 is 29.1. The molecule has 2 aliphatic rings. The van der Waals surface area contributed by atoms with Crippen molar-refractivity contribution in [3.05, 3.63) is 182 Å². The molecule has 0 saturated carbocycles. The lowest BCUT2D eigenvalue weighted by atomic mass is 9.50. The first-order chi connectivity index (χ1) is 29.7. The maximum atomic E-state index is 6.97. The van der Waals surface area contributed by atoms with Crippen molar-refractivity contribution in [2.45, 2.75) is 0 Å². The van der Waals surface area contributed by atoms with E-state index >= 15 is 0 Å². The zero-order valence-corrected chi connectivity index (χ0v) is 32.0. The largest absolute Gasteiger partial charge is 0.551 e. The minimum atomic E-state index is -0.315. The quantitative estimate of drug-likeness (QED) is 0.168. The average molecular weight is 768 g/mol. The molecule has 9 aromatic carbocycles. The topological polar surface area (TPSA) is 49.7 Å². The van der Waals surface area contributed by atoms with Crippen molar-refractivity contribution in [3.63, 3.8) is 0 Å². The van der Waals surface area contributed by atoms with Crippen molar-refractivity contribution in [1.29, 1.82) is 0 Å². The number of rotatable bonds is 3. The predicted molar refractivity (Wildman–Crippen MR) is 244 cm³/mol. The molecule has 0 N–H and O–H groups in total. The van der Waals surface area contributed by atoms with Gasteiger partial charge >= 0.3 is 6.92 Å². The molecule has 0 atom stereocenters. The van der Waals surface area contributed by atoms with Gasteiger partial charge in [0.2, 0.25) is 0 Å². The highest BCUT2D eigenvalue weighted by molar-refractivity contribution is 6.84. The van der Waals surface area contributed by atoms with Crippen LogP contribution in [-0.2, 0) is 0 Å². The number of aromatic nitrogens is 1. The van der Waals surface area contributed by atoms with Crippen LogP contribution < -0.4 is 20.3 Å². The molecule has 5 nitrogen and oxygen atoms in total. The third-order valence-electron chi connectivity index (χ3n) is 12.7. The van der Waals surface area contributed by atoms with Gasteiger partial charge < -0.3 is 22.8 Å². The molecule has 60 heavy (non-hydrogen) atoms. The van der Waals surface area contributed by atoms with E-state index in [4.69, 9.17) is 18.2 Å². The van der Waals surface area contributed by atoms with Crippen LogP contribution in [0.15, 0.2) is 191 Å². The predicted octanol–water partition coefficient (Wildman–Crippen LogP) is 13.2. The Kier molecular flexibility index (Phi) is 6.31. The molecule has 5 heterocycles. The molecular weight excluding hydrogens is 737 g/mol. The Labute approximate surface area is 343 Å². The zero-order valence-electron chi connectivity index (χ0n) is 32.0. The zero-order chi connectivity index (χ0) is 39.1. The normalized spacial score (nSPS) is 12.9. The molecule has 0 bridgehead atoms. The lowest BCUT2D eigenvalue weighted by molar-refractivity contribution is 0.480. The minimum Gasteiger partial charge on any atom is -0.551 e. The van der Waals surface area contributed by atoms with Crippen LogP contribution in [0.1, 0.15) is 0 Å². The molecule has 278 valence electrons. The maximum Gasteiger partial charge on any atom is 0.434 e. The van der Waals surface area contributed by atoms with Crippen LogP contribution in [0.5, 0.6) is 17.2 Å². The van der Waals surface area contributed by atoms with E-state index in [0.29, 0.717) is 0 Å². The van der Waals surface area contributed by atoms with Crippen molar-refractivity contribution >= 4 is 83.5 Å². The summed E-state index contributed by atoms with van der Waals surface area (Å²) in [7, 11) is 0. The molecule has 0 fully saturated rings. The van der Waals surface area contributed by atoms with Gasteiger partial charge in [0.25, 0.3) is 0 Å². The van der Waals surface area contributed by atoms with Crippen molar-refractivity contribution in [2.75, 3.05) is 0 Å². The summed E-state index contributed by atoms with van der Waals surface area (Å²) in [5, 5.41) is 6.70. The third-order valence-corrected chi connectivity index (χ3v) is 12.7. The number of fused-ring (bicyclic) bond motifs is 14. The number of hydrogen-bond donors (Lipinski definition) is 0. The Morgan fingerprint density at radius 2 is 1.12 bits per heavy atom. The minimum absolute atomic E-state index is 0.315. The first-order valence-electron chi connectivity index (χ1n) is 20.3. The third kappa shape index (κ3) is 4.42. The van der Waals surface area contributed by atoms with Gasteiger partial charge in [-0.25, -0.2) is 0 Å². The van der Waals surface area contributed by atoms with Gasteiger partial charge in [-0.05, 0) is 107 Å². The van der Waals surface area contributed by atoms with E-state index in [1.165, 1.54) is 21.8 Å². The number of nitrogens with zero attached hydrogens (tertiary/aromatic N) is 1. The molecule has 14 rings (SSSR count). The molecule has 0 aliphatic carbocycles. The molecule has 0 amide bonds. The second-order valence-electron chi connectivity index (χ2n) is 15.9. The Hall–Kier alpha value is -7.96. The molecule has 0 spiro atoms. The van der Waals surface area contributed by atoms with Crippen LogP contribution in [-0.4, -0.2) is 11.5 Å². The fourth-order valence-corrected chi connectivity index (χ4v) is 9.95. The highest BCUT2D eigenvalue weighted by Crippen LogP contribution is 2.44. The summed E-state index contributed by atoms with van der Waals surface area (Å²) in [6.45, 7) is -0.315. The Morgan fingerprint density at radius 3 is 2.00 bits per heavy atom. The summed E-state index contributed by atoms with van der Waals surface area (Å²) in [6, 6.07) is 64.1. The van der Waals surface area contributed by atoms with Crippen LogP contribution in [0.3, 0.4) is 0 Å². The molecule has 0 unspecified atom stereocenters. The van der Waals surface area contributed by atoms with E-state index in [1.54, 1.807) is 0 Å². The summed E-state index contributed by atoms with van der Waals surface area (Å²) in [5.41, 5.74) is 15.3. The van der Waals surface area contributed by atoms with Crippen LogP contribution in [0, 0.1) is 0 Å². The van der Waals surface area contributed by atoms with Gasteiger partial charge in [0.15, 0.2) is 0 Å². The van der Waals surface area contributed by atoms with Crippen LogP contribution >= 0.6 is 0 Å². The Bertz CT molecular complexity index is 3760. The van der Waals surface area contributed by atoms with Gasteiger partial charge in [0, 0.05) is 49.1 Å². The van der Waals surface area contributed by atoms with Gasteiger partial charge in [-0.1, -0.05) is 103 Å². The maximum absolute atomic E-state index is 6.97.